The molecular formula is C12H23NO2. The Morgan fingerprint density at radius 2 is 2.07 bits per heavy atom. The Labute approximate surface area is 92.5 Å². The predicted molar refractivity (Wildman–Crippen MR) is 60.8 cm³/mol. The van der Waals surface area contributed by atoms with Gasteiger partial charge in [0, 0.05) is 12.6 Å². The summed E-state index contributed by atoms with van der Waals surface area (Å²) in [5.74, 6) is -0.756. The van der Waals surface area contributed by atoms with E-state index >= 15 is 0 Å². The van der Waals surface area contributed by atoms with Crippen molar-refractivity contribution in [3.8, 4) is 0 Å². The van der Waals surface area contributed by atoms with Gasteiger partial charge in [-0.05, 0) is 31.7 Å². The highest BCUT2D eigenvalue weighted by molar-refractivity contribution is 5.70. The number of carbonyl (C=O) groups is 1. The molecule has 1 aliphatic rings. The van der Waals surface area contributed by atoms with Crippen LogP contribution in [0, 0.1) is 11.3 Å². The summed E-state index contributed by atoms with van der Waals surface area (Å²) in [5.41, 5.74) is 0.296. The molecule has 0 radical (unpaired) electrons. The molecule has 0 spiro atoms. The topological polar surface area (TPSA) is 40.5 Å². The van der Waals surface area contributed by atoms with Gasteiger partial charge < -0.3 is 10.0 Å². The van der Waals surface area contributed by atoms with Crippen LogP contribution in [0.5, 0.6) is 0 Å². The summed E-state index contributed by atoms with van der Waals surface area (Å²) in [6.07, 6.45) is 1.60. The van der Waals surface area contributed by atoms with Gasteiger partial charge in [0.05, 0.1) is 5.92 Å². The van der Waals surface area contributed by atoms with Crippen LogP contribution < -0.4 is 0 Å². The summed E-state index contributed by atoms with van der Waals surface area (Å²) in [6.45, 7) is 10.8. The van der Waals surface area contributed by atoms with E-state index in [1.165, 1.54) is 0 Å². The molecule has 0 saturated carbocycles. The van der Waals surface area contributed by atoms with Crippen molar-refractivity contribution in [3.05, 3.63) is 0 Å². The monoisotopic (exact) mass is 213 g/mol. The van der Waals surface area contributed by atoms with Gasteiger partial charge in [0.15, 0.2) is 0 Å². The lowest BCUT2D eigenvalue weighted by atomic mass is 9.88. The lowest BCUT2D eigenvalue weighted by Crippen LogP contribution is -2.46. The number of aliphatic carboxylic acids is 1. The van der Waals surface area contributed by atoms with Crippen molar-refractivity contribution < 1.29 is 9.90 Å². The number of carboxylic acid groups (broad SMARTS) is 1. The second-order valence-corrected chi connectivity index (χ2v) is 5.94. The van der Waals surface area contributed by atoms with Crippen LogP contribution >= 0.6 is 0 Å². The Kier molecular flexibility index (Phi) is 3.77. The zero-order valence-electron chi connectivity index (χ0n) is 10.3. The highest BCUT2D eigenvalue weighted by atomic mass is 16.4. The maximum Gasteiger partial charge on any atom is 0.306 e. The molecule has 1 N–H and O–H groups in total. The first-order valence-corrected chi connectivity index (χ1v) is 5.76. The molecule has 0 aromatic heterocycles. The van der Waals surface area contributed by atoms with Crippen LogP contribution in [-0.4, -0.2) is 35.1 Å². The number of piperidine rings is 1. The molecule has 0 aliphatic carbocycles. The maximum absolute atomic E-state index is 10.9. The van der Waals surface area contributed by atoms with Crippen LogP contribution in [0.3, 0.4) is 0 Å². The quantitative estimate of drug-likeness (QED) is 0.764. The highest BCUT2D eigenvalue weighted by Crippen LogP contribution is 2.26. The van der Waals surface area contributed by atoms with E-state index in [0.29, 0.717) is 11.5 Å². The molecule has 1 aliphatic heterocycles. The van der Waals surface area contributed by atoms with Crippen molar-refractivity contribution >= 4 is 5.97 Å². The average molecular weight is 213 g/mol. The maximum atomic E-state index is 10.9. The molecule has 0 bridgehead atoms. The molecule has 0 amide bonds. The minimum absolute atomic E-state index is 0.129. The summed E-state index contributed by atoms with van der Waals surface area (Å²) < 4.78 is 0. The second kappa shape index (κ2) is 4.52. The van der Waals surface area contributed by atoms with Crippen molar-refractivity contribution in [2.75, 3.05) is 13.1 Å². The van der Waals surface area contributed by atoms with Gasteiger partial charge in [-0.25, -0.2) is 0 Å². The smallest absolute Gasteiger partial charge is 0.306 e. The molecule has 1 saturated heterocycles. The van der Waals surface area contributed by atoms with Gasteiger partial charge in [-0.3, -0.25) is 4.79 Å². The molecule has 1 heterocycles. The van der Waals surface area contributed by atoms with Gasteiger partial charge in [-0.1, -0.05) is 20.8 Å². The summed E-state index contributed by atoms with van der Waals surface area (Å²) in [7, 11) is 0. The van der Waals surface area contributed by atoms with E-state index in [1.54, 1.807) is 0 Å². The lowest BCUT2D eigenvalue weighted by Gasteiger charge is -2.39. The molecule has 1 fully saturated rings. The highest BCUT2D eigenvalue weighted by Gasteiger charge is 2.31. The second-order valence-electron chi connectivity index (χ2n) is 5.94. The van der Waals surface area contributed by atoms with E-state index in [-0.39, 0.29) is 5.92 Å². The molecule has 0 aromatic rings. The fourth-order valence-electron chi connectivity index (χ4n) is 2.29. The number of rotatable bonds is 2. The third-order valence-electron chi connectivity index (χ3n) is 3.04. The van der Waals surface area contributed by atoms with Gasteiger partial charge in [-0.2, -0.15) is 0 Å². The summed E-state index contributed by atoms with van der Waals surface area (Å²) in [5, 5.41) is 8.96. The average Bonchev–Trinajstić information content (AvgIpc) is 2.05. The van der Waals surface area contributed by atoms with Crippen molar-refractivity contribution in [2.45, 2.75) is 46.6 Å². The number of nitrogens with zero attached hydrogens (tertiary/aromatic N) is 1. The van der Waals surface area contributed by atoms with Crippen molar-refractivity contribution in [1.82, 2.24) is 4.90 Å². The molecule has 15 heavy (non-hydrogen) atoms. The number of carboxylic acids is 1. The lowest BCUT2D eigenvalue weighted by molar-refractivity contribution is -0.144. The number of hydrogen-bond donors (Lipinski definition) is 1. The van der Waals surface area contributed by atoms with Crippen LogP contribution in [0.4, 0.5) is 0 Å². The Morgan fingerprint density at radius 3 is 2.47 bits per heavy atom. The predicted octanol–water partition coefficient (Wildman–Crippen LogP) is 2.22. The van der Waals surface area contributed by atoms with E-state index in [2.05, 4.69) is 32.6 Å². The van der Waals surface area contributed by atoms with Crippen molar-refractivity contribution in [1.29, 1.82) is 0 Å². The van der Waals surface area contributed by atoms with Crippen LogP contribution in [0.2, 0.25) is 0 Å². The first-order chi connectivity index (χ1) is 6.79. The van der Waals surface area contributed by atoms with Crippen LogP contribution in [0.1, 0.15) is 40.5 Å². The normalized spacial score (nSPS) is 29.1. The zero-order valence-corrected chi connectivity index (χ0v) is 10.3. The summed E-state index contributed by atoms with van der Waals surface area (Å²) in [6, 6.07) is 0.402. The van der Waals surface area contributed by atoms with Crippen molar-refractivity contribution in [3.63, 3.8) is 0 Å². The van der Waals surface area contributed by atoms with Gasteiger partial charge in [0.1, 0.15) is 0 Å². The van der Waals surface area contributed by atoms with Gasteiger partial charge in [0.2, 0.25) is 0 Å². The Balaban J connectivity index is 2.49. The van der Waals surface area contributed by atoms with Crippen LogP contribution in [-0.2, 0) is 4.79 Å². The van der Waals surface area contributed by atoms with Gasteiger partial charge in [-0.15, -0.1) is 0 Å². The van der Waals surface area contributed by atoms with Gasteiger partial charge in [0.25, 0.3) is 0 Å². The Morgan fingerprint density at radius 1 is 1.47 bits per heavy atom. The fraction of sp³-hybridized carbons (Fsp3) is 0.917. The molecular weight excluding hydrogens is 190 g/mol. The third-order valence-corrected chi connectivity index (χ3v) is 3.04. The zero-order chi connectivity index (χ0) is 11.6. The fourth-order valence-corrected chi connectivity index (χ4v) is 2.29. The molecule has 0 aromatic carbocycles. The molecule has 1 rings (SSSR count). The Hall–Kier alpha value is -0.570. The number of hydrogen-bond acceptors (Lipinski definition) is 2. The van der Waals surface area contributed by atoms with Gasteiger partial charge >= 0.3 is 5.97 Å². The molecule has 2 unspecified atom stereocenters. The molecule has 3 nitrogen and oxygen atoms in total. The van der Waals surface area contributed by atoms with E-state index < -0.39 is 5.97 Å². The minimum Gasteiger partial charge on any atom is -0.481 e. The summed E-state index contributed by atoms with van der Waals surface area (Å²) in [4.78, 5) is 13.3. The molecule has 2 atom stereocenters. The molecule has 88 valence electrons. The van der Waals surface area contributed by atoms with E-state index in [0.717, 1.165) is 25.9 Å². The first-order valence-electron chi connectivity index (χ1n) is 5.76. The standard InChI is InChI=1S/C12H23NO2/c1-9-7-10(11(14)15)5-6-13(9)8-12(2,3)4/h9-10H,5-8H2,1-4H3,(H,14,15). The van der Waals surface area contributed by atoms with Crippen molar-refractivity contribution in [2.24, 2.45) is 11.3 Å². The first kappa shape index (κ1) is 12.5. The summed E-state index contributed by atoms with van der Waals surface area (Å²) >= 11 is 0. The van der Waals surface area contributed by atoms with E-state index in [4.69, 9.17) is 5.11 Å². The third kappa shape index (κ3) is 3.82. The van der Waals surface area contributed by atoms with E-state index in [1.807, 2.05) is 0 Å². The van der Waals surface area contributed by atoms with Crippen LogP contribution in [0.15, 0.2) is 0 Å². The largest absolute Gasteiger partial charge is 0.481 e. The van der Waals surface area contributed by atoms with E-state index in [9.17, 15) is 4.79 Å². The SMILES string of the molecule is CC1CC(C(=O)O)CCN1CC(C)(C)C. The molecule has 3 heteroatoms. The minimum atomic E-state index is -0.628. The number of likely N-dealkylation sites (tertiary alicyclic amines) is 1. The Bertz CT molecular complexity index is 232. The van der Waals surface area contributed by atoms with Crippen LogP contribution in [0.25, 0.3) is 0 Å².